The molecule has 3 rings (SSSR count). The minimum atomic E-state index is -4.29. The van der Waals surface area contributed by atoms with E-state index in [1.807, 2.05) is 18.4 Å². The number of hydrogen-bond acceptors (Lipinski definition) is 2. The Morgan fingerprint density at radius 1 is 1.08 bits per heavy atom. The van der Waals surface area contributed by atoms with E-state index in [9.17, 15) is 13.2 Å². The first-order chi connectivity index (χ1) is 11.4. The van der Waals surface area contributed by atoms with Gasteiger partial charge < -0.3 is 4.90 Å². The van der Waals surface area contributed by atoms with E-state index in [0.29, 0.717) is 6.04 Å². The van der Waals surface area contributed by atoms with Gasteiger partial charge in [-0.05, 0) is 37.5 Å². The van der Waals surface area contributed by atoms with E-state index in [0.717, 1.165) is 23.3 Å². The highest BCUT2D eigenvalue weighted by molar-refractivity contribution is 5.85. The highest BCUT2D eigenvalue weighted by Crippen LogP contribution is 2.30. The quantitative estimate of drug-likeness (QED) is 0.734. The number of hydrogen-bond donors (Lipinski definition) is 0. The van der Waals surface area contributed by atoms with Crippen molar-refractivity contribution in [3.8, 4) is 0 Å². The lowest BCUT2D eigenvalue weighted by molar-refractivity contribution is -0.137. The predicted molar refractivity (Wildman–Crippen MR) is 90.6 cm³/mol. The maximum absolute atomic E-state index is 12.6. The lowest BCUT2D eigenvalue weighted by Crippen LogP contribution is -2.37. The van der Waals surface area contributed by atoms with E-state index in [4.69, 9.17) is 0 Å². The van der Waals surface area contributed by atoms with Crippen molar-refractivity contribution >= 4 is 12.3 Å². The van der Waals surface area contributed by atoms with Crippen LogP contribution in [0.4, 0.5) is 13.2 Å². The van der Waals surface area contributed by atoms with Crippen LogP contribution >= 0.6 is 0 Å². The molecule has 1 atom stereocenters. The van der Waals surface area contributed by atoms with Crippen LogP contribution in [0.25, 0.3) is 6.08 Å². The Hall–Kier alpha value is -2.04. The summed E-state index contributed by atoms with van der Waals surface area (Å²) in [5.74, 6) is 0. The molecule has 128 valence electrons. The van der Waals surface area contributed by atoms with E-state index < -0.39 is 11.7 Å². The molecule has 1 aliphatic heterocycles. The van der Waals surface area contributed by atoms with Crippen LogP contribution in [0, 0.1) is 0 Å². The zero-order valence-corrected chi connectivity index (χ0v) is 13.6. The van der Waals surface area contributed by atoms with Crippen molar-refractivity contribution in [2.45, 2.75) is 51.0 Å². The van der Waals surface area contributed by atoms with Crippen molar-refractivity contribution in [2.24, 2.45) is 4.99 Å². The maximum atomic E-state index is 12.6. The molecule has 1 aromatic rings. The summed E-state index contributed by atoms with van der Waals surface area (Å²) in [6.07, 6.45) is 8.46. The first kappa shape index (κ1) is 16.8. The van der Waals surface area contributed by atoms with Crippen LogP contribution in [-0.2, 0) is 6.18 Å². The molecule has 24 heavy (non-hydrogen) atoms. The molecule has 1 aliphatic carbocycles. The smallest absolute Gasteiger partial charge is 0.353 e. The third kappa shape index (κ3) is 3.89. The Morgan fingerprint density at radius 2 is 1.75 bits per heavy atom. The molecule has 1 heterocycles. The molecule has 1 aromatic carbocycles. The average Bonchev–Trinajstić information content (AvgIpc) is 3.08. The predicted octanol–water partition coefficient (Wildman–Crippen LogP) is 5.28. The number of allylic oxidation sites excluding steroid dienone is 2. The Labute approximate surface area is 140 Å². The fourth-order valence-electron chi connectivity index (χ4n) is 3.26. The van der Waals surface area contributed by atoms with E-state index in [-0.39, 0.29) is 6.17 Å². The van der Waals surface area contributed by atoms with Crippen LogP contribution < -0.4 is 0 Å². The Bertz CT molecular complexity index is 650. The van der Waals surface area contributed by atoms with Crippen LogP contribution in [0.2, 0.25) is 0 Å². The minimum Gasteiger partial charge on any atom is -0.353 e. The monoisotopic (exact) mass is 334 g/mol. The topological polar surface area (TPSA) is 15.6 Å². The van der Waals surface area contributed by atoms with Gasteiger partial charge in [0, 0.05) is 24.0 Å². The SMILES string of the molecule is CC1N=CC(/C=C\c2ccc(C(F)(F)F)cc2)=CN1C1CCCC1. The first-order valence-electron chi connectivity index (χ1n) is 8.31. The van der Waals surface area contributed by atoms with Gasteiger partial charge in [0.2, 0.25) is 0 Å². The first-order valence-corrected chi connectivity index (χ1v) is 8.31. The highest BCUT2D eigenvalue weighted by Gasteiger charge is 2.29. The van der Waals surface area contributed by atoms with Crippen LogP contribution in [0.5, 0.6) is 0 Å². The van der Waals surface area contributed by atoms with Crippen molar-refractivity contribution < 1.29 is 13.2 Å². The van der Waals surface area contributed by atoms with Crippen molar-refractivity contribution in [3.05, 3.63) is 53.2 Å². The van der Waals surface area contributed by atoms with Gasteiger partial charge in [-0.15, -0.1) is 0 Å². The Kier molecular flexibility index (Phi) is 4.78. The number of benzene rings is 1. The molecule has 0 aromatic heterocycles. The van der Waals surface area contributed by atoms with Gasteiger partial charge in [0.25, 0.3) is 0 Å². The standard InChI is InChI=1S/C19H21F3N2/c1-14-23-12-16(13-24(14)18-4-2-3-5-18)7-6-15-8-10-17(11-9-15)19(20,21)22/h6-14,18H,2-5H2,1H3/b7-6-. The van der Waals surface area contributed by atoms with Crippen molar-refractivity contribution in [1.29, 1.82) is 0 Å². The summed E-state index contributed by atoms with van der Waals surface area (Å²) in [5.41, 5.74) is 1.09. The summed E-state index contributed by atoms with van der Waals surface area (Å²) in [7, 11) is 0. The van der Waals surface area contributed by atoms with E-state index >= 15 is 0 Å². The lowest BCUT2D eigenvalue weighted by Gasteiger charge is -2.33. The number of aliphatic imine (C=N–C) groups is 1. The van der Waals surface area contributed by atoms with Gasteiger partial charge >= 0.3 is 6.18 Å². The molecule has 0 spiro atoms. The number of nitrogens with zero attached hydrogens (tertiary/aromatic N) is 2. The molecule has 0 radical (unpaired) electrons. The molecular formula is C19H21F3N2. The second-order valence-electron chi connectivity index (χ2n) is 6.38. The molecule has 1 fully saturated rings. The molecule has 0 saturated heterocycles. The van der Waals surface area contributed by atoms with Gasteiger partial charge in [0.05, 0.1) is 5.56 Å². The fraction of sp³-hybridized carbons (Fsp3) is 0.421. The van der Waals surface area contributed by atoms with Gasteiger partial charge in [-0.2, -0.15) is 13.2 Å². The van der Waals surface area contributed by atoms with Crippen LogP contribution in [0.15, 0.2) is 47.1 Å². The minimum absolute atomic E-state index is 0.149. The van der Waals surface area contributed by atoms with Gasteiger partial charge in [0.15, 0.2) is 0 Å². The lowest BCUT2D eigenvalue weighted by atomic mass is 10.1. The molecule has 0 bridgehead atoms. The van der Waals surface area contributed by atoms with E-state index in [1.54, 1.807) is 0 Å². The molecule has 2 aliphatic rings. The molecule has 1 unspecified atom stereocenters. The van der Waals surface area contributed by atoms with Crippen LogP contribution in [-0.4, -0.2) is 23.3 Å². The molecule has 2 nitrogen and oxygen atoms in total. The van der Waals surface area contributed by atoms with Gasteiger partial charge in [-0.25, -0.2) is 0 Å². The highest BCUT2D eigenvalue weighted by atomic mass is 19.4. The molecule has 1 saturated carbocycles. The maximum Gasteiger partial charge on any atom is 0.416 e. The summed E-state index contributed by atoms with van der Waals surface area (Å²) < 4.78 is 37.7. The number of rotatable bonds is 3. The second-order valence-corrected chi connectivity index (χ2v) is 6.38. The summed E-state index contributed by atoms with van der Waals surface area (Å²) in [5, 5.41) is 0. The fourth-order valence-corrected chi connectivity index (χ4v) is 3.26. The third-order valence-corrected chi connectivity index (χ3v) is 4.62. The van der Waals surface area contributed by atoms with Crippen molar-refractivity contribution in [3.63, 3.8) is 0 Å². The normalized spacial score (nSPS) is 22.4. The summed E-state index contributed by atoms with van der Waals surface area (Å²) in [6, 6.07) is 5.73. The molecular weight excluding hydrogens is 313 g/mol. The van der Waals surface area contributed by atoms with Crippen LogP contribution in [0.3, 0.4) is 0 Å². The zero-order valence-electron chi connectivity index (χ0n) is 13.6. The van der Waals surface area contributed by atoms with Gasteiger partial charge in [-0.3, -0.25) is 4.99 Å². The van der Waals surface area contributed by atoms with Crippen molar-refractivity contribution in [2.75, 3.05) is 0 Å². The van der Waals surface area contributed by atoms with E-state index in [2.05, 4.69) is 23.0 Å². The number of alkyl halides is 3. The van der Waals surface area contributed by atoms with Crippen molar-refractivity contribution in [1.82, 2.24) is 4.90 Å². The molecule has 0 N–H and O–H groups in total. The molecule has 5 heteroatoms. The Balaban J connectivity index is 1.71. The summed E-state index contributed by atoms with van der Waals surface area (Å²) in [6.45, 7) is 2.08. The Morgan fingerprint density at radius 3 is 2.38 bits per heavy atom. The average molecular weight is 334 g/mol. The van der Waals surface area contributed by atoms with Crippen LogP contribution in [0.1, 0.15) is 43.7 Å². The second kappa shape index (κ2) is 6.83. The summed E-state index contributed by atoms with van der Waals surface area (Å²) in [4.78, 5) is 6.83. The van der Waals surface area contributed by atoms with Gasteiger partial charge in [0.1, 0.15) is 6.17 Å². The molecule has 0 amide bonds. The third-order valence-electron chi connectivity index (χ3n) is 4.62. The summed E-state index contributed by atoms with van der Waals surface area (Å²) >= 11 is 0. The zero-order chi connectivity index (χ0) is 17.2. The van der Waals surface area contributed by atoms with Gasteiger partial charge in [-0.1, -0.05) is 37.1 Å². The number of halogens is 3. The van der Waals surface area contributed by atoms with E-state index in [1.165, 1.54) is 37.8 Å². The largest absolute Gasteiger partial charge is 0.416 e.